The van der Waals surface area contributed by atoms with Crippen molar-refractivity contribution in [3.63, 3.8) is 0 Å². The van der Waals surface area contributed by atoms with E-state index in [9.17, 15) is 14.0 Å². The van der Waals surface area contributed by atoms with E-state index in [0.717, 1.165) is 25.9 Å². The summed E-state index contributed by atoms with van der Waals surface area (Å²) in [5.41, 5.74) is 1.05. The largest absolute Gasteiger partial charge is 0.481 e. The lowest BCUT2D eigenvalue weighted by atomic mass is 9.96. The molecule has 0 bridgehead atoms. The zero-order valence-electron chi connectivity index (χ0n) is 15.9. The van der Waals surface area contributed by atoms with Crippen LogP contribution < -0.4 is 10.1 Å². The van der Waals surface area contributed by atoms with Crippen LogP contribution in [0, 0.1) is 11.7 Å². The number of pyridine rings is 1. The summed E-state index contributed by atoms with van der Waals surface area (Å²) in [6.07, 6.45) is 3.37. The van der Waals surface area contributed by atoms with E-state index in [-0.39, 0.29) is 17.5 Å². The lowest BCUT2D eigenvalue weighted by Gasteiger charge is -2.31. The van der Waals surface area contributed by atoms with Gasteiger partial charge in [0.05, 0.1) is 13.7 Å². The summed E-state index contributed by atoms with van der Waals surface area (Å²) in [4.78, 5) is 30.7. The quantitative estimate of drug-likeness (QED) is 0.742. The molecule has 2 aromatic rings. The van der Waals surface area contributed by atoms with E-state index in [1.807, 2.05) is 0 Å². The van der Waals surface area contributed by atoms with Crippen LogP contribution in [-0.2, 0) is 0 Å². The van der Waals surface area contributed by atoms with Crippen LogP contribution in [0.1, 0.15) is 33.6 Å². The van der Waals surface area contributed by atoms with Gasteiger partial charge in [0.15, 0.2) is 5.78 Å². The Hall–Kier alpha value is -2.80. The number of piperidine rings is 1. The van der Waals surface area contributed by atoms with Crippen LogP contribution in [0.2, 0.25) is 0 Å². The lowest BCUT2D eigenvalue weighted by Crippen LogP contribution is -2.40. The summed E-state index contributed by atoms with van der Waals surface area (Å²) in [6, 6.07) is 8.92. The molecule has 0 radical (unpaired) electrons. The van der Waals surface area contributed by atoms with Crippen LogP contribution in [0.3, 0.4) is 0 Å². The Morgan fingerprint density at radius 3 is 2.57 bits per heavy atom. The molecular formula is C21H24FN3O3. The number of ketones is 1. The van der Waals surface area contributed by atoms with Gasteiger partial charge in [-0.25, -0.2) is 9.37 Å². The first kappa shape index (κ1) is 19.9. The number of ether oxygens (including phenoxy) is 1. The predicted molar refractivity (Wildman–Crippen MR) is 103 cm³/mol. The molecular weight excluding hydrogens is 361 g/mol. The average Bonchev–Trinajstić information content (AvgIpc) is 2.73. The molecule has 1 saturated heterocycles. The van der Waals surface area contributed by atoms with Gasteiger partial charge >= 0.3 is 0 Å². The number of hydrogen-bond acceptors (Lipinski definition) is 5. The van der Waals surface area contributed by atoms with Crippen molar-refractivity contribution in [3.8, 4) is 5.88 Å². The molecule has 28 heavy (non-hydrogen) atoms. The standard InChI is InChI=1S/C21H24FN3O3/c1-28-20-12-17(6-9-23-20)21(27)24-13-15-7-10-25(11-8-15)14-19(26)16-2-4-18(22)5-3-16/h2-6,9,12,15H,7-8,10-11,13-14H2,1H3,(H,24,27). The van der Waals surface area contributed by atoms with Crippen molar-refractivity contribution >= 4 is 11.7 Å². The van der Waals surface area contributed by atoms with Gasteiger partial charge < -0.3 is 10.1 Å². The first-order chi connectivity index (χ1) is 13.5. The molecule has 3 rings (SSSR count). The number of methoxy groups -OCH3 is 1. The first-order valence-corrected chi connectivity index (χ1v) is 9.34. The molecule has 6 nitrogen and oxygen atoms in total. The number of benzene rings is 1. The van der Waals surface area contributed by atoms with Crippen molar-refractivity contribution in [1.29, 1.82) is 0 Å². The molecule has 2 heterocycles. The lowest BCUT2D eigenvalue weighted by molar-refractivity contribution is 0.0887. The Kier molecular flexibility index (Phi) is 6.71. The highest BCUT2D eigenvalue weighted by atomic mass is 19.1. The summed E-state index contributed by atoms with van der Waals surface area (Å²) in [7, 11) is 1.51. The maximum absolute atomic E-state index is 13.0. The summed E-state index contributed by atoms with van der Waals surface area (Å²) in [5.74, 6) is 0.300. The van der Waals surface area contributed by atoms with Crippen LogP contribution in [0.4, 0.5) is 4.39 Å². The van der Waals surface area contributed by atoms with Gasteiger partial charge in [0.2, 0.25) is 5.88 Å². The van der Waals surface area contributed by atoms with Gasteiger partial charge in [-0.3, -0.25) is 14.5 Å². The van der Waals surface area contributed by atoms with Gasteiger partial charge in [0.1, 0.15) is 5.82 Å². The highest BCUT2D eigenvalue weighted by Crippen LogP contribution is 2.17. The second kappa shape index (κ2) is 9.41. The highest BCUT2D eigenvalue weighted by molar-refractivity contribution is 5.97. The van der Waals surface area contributed by atoms with E-state index < -0.39 is 0 Å². The van der Waals surface area contributed by atoms with Crippen LogP contribution in [0.25, 0.3) is 0 Å². The number of halogens is 1. The van der Waals surface area contributed by atoms with Crippen molar-refractivity contribution in [2.24, 2.45) is 5.92 Å². The van der Waals surface area contributed by atoms with E-state index in [1.165, 1.54) is 31.4 Å². The monoisotopic (exact) mass is 385 g/mol. The number of Topliss-reactive ketones (excluding diaryl/α,β-unsaturated/α-hetero) is 1. The van der Waals surface area contributed by atoms with E-state index in [4.69, 9.17) is 4.74 Å². The van der Waals surface area contributed by atoms with Gasteiger partial charge in [0, 0.05) is 29.9 Å². The third-order valence-electron chi connectivity index (χ3n) is 5.00. The number of rotatable bonds is 7. The van der Waals surface area contributed by atoms with Crippen molar-refractivity contribution in [3.05, 3.63) is 59.5 Å². The Labute approximate surface area is 163 Å². The SMILES string of the molecule is COc1cc(C(=O)NCC2CCN(CC(=O)c3ccc(F)cc3)CC2)ccn1. The second-order valence-electron chi connectivity index (χ2n) is 6.95. The molecule has 0 unspecified atom stereocenters. The third-order valence-corrected chi connectivity index (χ3v) is 5.00. The molecule has 0 saturated carbocycles. The van der Waals surface area contributed by atoms with Crippen LogP contribution in [0.15, 0.2) is 42.6 Å². The fourth-order valence-electron chi connectivity index (χ4n) is 3.28. The number of nitrogens with zero attached hydrogens (tertiary/aromatic N) is 2. The minimum absolute atomic E-state index is 0.00149. The molecule has 1 amide bonds. The van der Waals surface area contributed by atoms with Crippen LogP contribution in [-0.4, -0.2) is 54.9 Å². The summed E-state index contributed by atoms with van der Waals surface area (Å²) >= 11 is 0. The van der Waals surface area contributed by atoms with Crippen molar-refractivity contribution in [1.82, 2.24) is 15.2 Å². The van der Waals surface area contributed by atoms with E-state index in [0.29, 0.717) is 36.0 Å². The molecule has 1 fully saturated rings. The van der Waals surface area contributed by atoms with Crippen molar-refractivity contribution in [2.45, 2.75) is 12.8 Å². The number of carbonyl (C=O) groups is 2. The topological polar surface area (TPSA) is 71.5 Å². The number of aromatic nitrogens is 1. The maximum atomic E-state index is 13.0. The second-order valence-corrected chi connectivity index (χ2v) is 6.95. The molecule has 1 aliphatic heterocycles. The van der Waals surface area contributed by atoms with Crippen molar-refractivity contribution in [2.75, 3.05) is 33.3 Å². The Morgan fingerprint density at radius 2 is 1.89 bits per heavy atom. The van der Waals surface area contributed by atoms with Gasteiger partial charge in [-0.1, -0.05) is 0 Å². The average molecular weight is 385 g/mol. The Bertz CT molecular complexity index is 818. The maximum Gasteiger partial charge on any atom is 0.251 e. The van der Waals surface area contributed by atoms with E-state index >= 15 is 0 Å². The van der Waals surface area contributed by atoms with Crippen molar-refractivity contribution < 1.29 is 18.7 Å². The number of amides is 1. The Balaban J connectivity index is 1.42. The number of likely N-dealkylation sites (tertiary alicyclic amines) is 1. The summed E-state index contributed by atoms with van der Waals surface area (Å²) in [5, 5.41) is 2.96. The van der Waals surface area contributed by atoms with Gasteiger partial charge in [-0.05, 0) is 62.2 Å². The van der Waals surface area contributed by atoms with Gasteiger partial charge in [-0.15, -0.1) is 0 Å². The number of nitrogens with one attached hydrogen (secondary N) is 1. The minimum Gasteiger partial charge on any atom is -0.481 e. The smallest absolute Gasteiger partial charge is 0.251 e. The predicted octanol–water partition coefficient (Wildman–Crippen LogP) is 2.55. The molecule has 148 valence electrons. The van der Waals surface area contributed by atoms with E-state index in [2.05, 4.69) is 15.2 Å². The molecule has 1 N–H and O–H groups in total. The molecule has 0 spiro atoms. The van der Waals surface area contributed by atoms with Crippen LogP contribution >= 0.6 is 0 Å². The fourth-order valence-corrected chi connectivity index (χ4v) is 3.28. The first-order valence-electron chi connectivity index (χ1n) is 9.34. The molecule has 0 atom stereocenters. The normalized spacial score (nSPS) is 15.2. The van der Waals surface area contributed by atoms with E-state index in [1.54, 1.807) is 18.3 Å². The minimum atomic E-state index is -0.343. The number of carbonyl (C=O) groups excluding carboxylic acids is 2. The molecule has 0 aliphatic carbocycles. The highest BCUT2D eigenvalue weighted by Gasteiger charge is 2.22. The summed E-state index contributed by atoms with van der Waals surface area (Å²) in [6.45, 7) is 2.54. The molecule has 7 heteroatoms. The molecule has 1 aromatic heterocycles. The third kappa shape index (κ3) is 5.36. The fraction of sp³-hybridized carbons (Fsp3) is 0.381. The molecule has 1 aromatic carbocycles. The number of hydrogen-bond donors (Lipinski definition) is 1. The van der Waals surface area contributed by atoms with Gasteiger partial charge in [0.25, 0.3) is 5.91 Å². The van der Waals surface area contributed by atoms with Gasteiger partial charge in [-0.2, -0.15) is 0 Å². The molecule has 1 aliphatic rings. The zero-order valence-corrected chi connectivity index (χ0v) is 15.9. The van der Waals surface area contributed by atoms with Crippen LogP contribution in [0.5, 0.6) is 5.88 Å². The summed E-state index contributed by atoms with van der Waals surface area (Å²) < 4.78 is 18.0. The Morgan fingerprint density at radius 1 is 1.18 bits per heavy atom. The zero-order chi connectivity index (χ0) is 19.9.